The Morgan fingerprint density at radius 1 is 1.08 bits per heavy atom. The molecule has 0 heterocycles. The van der Waals surface area contributed by atoms with Crippen molar-refractivity contribution in [1.29, 1.82) is 0 Å². The van der Waals surface area contributed by atoms with E-state index >= 15 is 0 Å². The molecule has 2 rings (SSSR count). The van der Waals surface area contributed by atoms with Gasteiger partial charge in [0.25, 0.3) is 5.91 Å². The Labute approximate surface area is 158 Å². The highest BCUT2D eigenvalue weighted by Gasteiger charge is 2.18. The number of carbonyl (C=O) groups excluding carboxylic acids is 2. The predicted molar refractivity (Wildman–Crippen MR) is 107 cm³/mol. The molecule has 0 radical (unpaired) electrons. The monoisotopic (exact) mass is 369 g/mol. The fourth-order valence-electron chi connectivity index (χ4n) is 2.38. The van der Waals surface area contributed by atoms with Gasteiger partial charge in [0.05, 0.1) is 0 Å². The lowest BCUT2D eigenvalue weighted by atomic mass is 10.1. The number of aryl methyl sites for hydroxylation is 2. The van der Waals surface area contributed by atoms with Gasteiger partial charge in [-0.3, -0.25) is 4.79 Å². The van der Waals surface area contributed by atoms with Crippen LogP contribution in [-0.2, 0) is 14.3 Å². The molecule has 0 unspecified atom stereocenters. The number of thioether (sulfide) groups is 1. The molecule has 2 aromatic carbocycles. The quantitative estimate of drug-likeness (QED) is 0.459. The lowest BCUT2D eigenvalue weighted by Gasteiger charge is -2.15. The number of anilines is 1. The van der Waals surface area contributed by atoms with E-state index in [1.54, 1.807) is 24.8 Å². The van der Waals surface area contributed by atoms with Gasteiger partial charge in [-0.05, 0) is 61.9 Å². The van der Waals surface area contributed by atoms with E-state index in [9.17, 15) is 9.59 Å². The molecule has 4 nitrogen and oxygen atoms in total. The van der Waals surface area contributed by atoms with E-state index in [-0.39, 0.29) is 5.91 Å². The smallest absolute Gasteiger partial charge is 0.331 e. The van der Waals surface area contributed by atoms with Gasteiger partial charge in [0, 0.05) is 16.7 Å². The van der Waals surface area contributed by atoms with Crippen molar-refractivity contribution < 1.29 is 14.3 Å². The Balaban J connectivity index is 1.93. The maximum absolute atomic E-state index is 12.3. The number of nitrogens with one attached hydrogen (secondary N) is 1. The molecule has 2 aromatic rings. The number of amides is 1. The third kappa shape index (κ3) is 5.49. The van der Waals surface area contributed by atoms with Gasteiger partial charge in [-0.15, -0.1) is 11.8 Å². The molecule has 0 saturated carbocycles. The first-order valence-electron chi connectivity index (χ1n) is 8.30. The van der Waals surface area contributed by atoms with Gasteiger partial charge in [0.1, 0.15) is 0 Å². The van der Waals surface area contributed by atoms with Crippen molar-refractivity contribution >= 4 is 35.4 Å². The second-order valence-corrected chi connectivity index (χ2v) is 6.82. The summed E-state index contributed by atoms with van der Waals surface area (Å²) in [5, 5.41) is 2.83. The zero-order valence-electron chi connectivity index (χ0n) is 15.4. The Kier molecular flexibility index (Phi) is 7.04. The number of rotatable bonds is 6. The zero-order valence-corrected chi connectivity index (χ0v) is 16.2. The average Bonchev–Trinajstić information content (AvgIpc) is 2.63. The molecular formula is C21H23NO3S. The molecule has 1 atom stereocenters. The van der Waals surface area contributed by atoms with E-state index in [4.69, 9.17) is 4.74 Å². The molecule has 0 aromatic heterocycles. The summed E-state index contributed by atoms with van der Waals surface area (Å²) in [6, 6.07) is 13.6. The summed E-state index contributed by atoms with van der Waals surface area (Å²) in [7, 11) is 0. The van der Waals surface area contributed by atoms with Crippen LogP contribution in [0.3, 0.4) is 0 Å². The summed E-state index contributed by atoms with van der Waals surface area (Å²) < 4.78 is 5.19. The minimum absolute atomic E-state index is 0.353. The van der Waals surface area contributed by atoms with E-state index < -0.39 is 12.1 Å². The Hall–Kier alpha value is -2.53. The molecule has 1 N–H and O–H groups in total. The molecule has 1 amide bonds. The van der Waals surface area contributed by atoms with Crippen LogP contribution in [-0.4, -0.2) is 24.2 Å². The number of esters is 1. The van der Waals surface area contributed by atoms with E-state index in [1.807, 2.05) is 62.6 Å². The molecule has 0 fully saturated rings. The molecule has 0 bridgehead atoms. The minimum Gasteiger partial charge on any atom is -0.449 e. The highest BCUT2D eigenvalue weighted by atomic mass is 32.2. The second kappa shape index (κ2) is 9.25. The number of ether oxygens (including phenoxy) is 1. The van der Waals surface area contributed by atoms with Crippen molar-refractivity contribution in [2.24, 2.45) is 0 Å². The molecule has 136 valence electrons. The number of hydrogen-bond acceptors (Lipinski definition) is 4. The van der Waals surface area contributed by atoms with Crippen LogP contribution in [0.4, 0.5) is 5.69 Å². The topological polar surface area (TPSA) is 55.4 Å². The third-order valence-corrected chi connectivity index (χ3v) is 4.66. The van der Waals surface area contributed by atoms with Gasteiger partial charge < -0.3 is 10.1 Å². The van der Waals surface area contributed by atoms with Gasteiger partial charge in [-0.2, -0.15) is 0 Å². The summed E-state index contributed by atoms with van der Waals surface area (Å²) in [6.45, 7) is 5.40. The SMILES string of the molecule is CSc1ccc(/C=C/C(=O)O[C@@H](C)C(=O)Nc2c(C)cccc2C)cc1. The van der Waals surface area contributed by atoms with Gasteiger partial charge in [0.15, 0.2) is 6.10 Å². The fourth-order valence-corrected chi connectivity index (χ4v) is 2.79. The van der Waals surface area contributed by atoms with Crippen LogP contribution < -0.4 is 5.32 Å². The molecule has 0 spiro atoms. The van der Waals surface area contributed by atoms with E-state index in [0.29, 0.717) is 0 Å². The van der Waals surface area contributed by atoms with Crippen molar-refractivity contribution in [3.05, 3.63) is 65.2 Å². The highest BCUT2D eigenvalue weighted by molar-refractivity contribution is 7.98. The highest BCUT2D eigenvalue weighted by Crippen LogP contribution is 2.20. The lowest BCUT2D eigenvalue weighted by Crippen LogP contribution is -2.30. The molecule has 0 saturated heterocycles. The molecule has 26 heavy (non-hydrogen) atoms. The first-order chi connectivity index (χ1) is 12.4. The van der Waals surface area contributed by atoms with Crippen molar-refractivity contribution in [3.63, 3.8) is 0 Å². The van der Waals surface area contributed by atoms with Crippen molar-refractivity contribution in [1.82, 2.24) is 0 Å². The largest absolute Gasteiger partial charge is 0.449 e. The van der Waals surface area contributed by atoms with E-state index in [1.165, 1.54) is 6.08 Å². The van der Waals surface area contributed by atoms with Crippen molar-refractivity contribution in [3.8, 4) is 0 Å². The zero-order chi connectivity index (χ0) is 19.1. The maximum atomic E-state index is 12.3. The Bertz CT molecular complexity index is 792. The van der Waals surface area contributed by atoms with Crippen LogP contribution in [0.25, 0.3) is 6.08 Å². The molecule has 0 aliphatic rings. The summed E-state index contributed by atoms with van der Waals surface area (Å²) in [5.41, 5.74) is 3.58. The molecule has 0 aliphatic heterocycles. The molecular weight excluding hydrogens is 346 g/mol. The number of para-hydroxylation sites is 1. The molecule has 0 aliphatic carbocycles. The van der Waals surface area contributed by atoms with Gasteiger partial charge in [-0.1, -0.05) is 30.3 Å². The van der Waals surface area contributed by atoms with Crippen LogP contribution >= 0.6 is 11.8 Å². The van der Waals surface area contributed by atoms with Gasteiger partial charge in [0.2, 0.25) is 0 Å². The average molecular weight is 369 g/mol. The van der Waals surface area contributed by atoms with Crippen LogP contribution in [0.15, 0.2) is 53.4 Å². The van der Waals surface area contributed by atoms with Crippen molar-refractivity contribution in [2.75, 3.05) is 11.6 Å². The Morgan fingerprint density at radius 2 is 1.69 bits per heavy atom. The van der Waals surface area contributed by atoms with E-state index in [2.05, 4.69) is 5.32 Å². The normalized spacial score (nSPS) is 12.0. The van der Waals surface area contributed by atoms with Crippen LogP contribution in [0.1, 0.15) is 23.6 Å². The Morgan fingerprint density at radius 3 is 2.27 bits per heavy atom. The van der Waals surface area contributed by atoms with Crippen LogP contribution in [0, 0.1) is 13.8 Å². The predicted octanol–water partition coefficient (Wildman–Crippen LogP) is 4.61. The fraction of sp³-hybridized carbons (Fsp3) is 0.238. The first-order valence-corrected chi connectivity index (χ1v) is 9.53. The van der Waals surface area contributed by atoms with Gasteiger partial charge in [-0.25, -0.2) is 4.79 Å². The number of carbonyl (C=O) groups is 2. The minimum atomic E-state index is -0.884. The van der Waals surface area contributed by atoms with E-state index in [0.717, 1.165) is 27.3 Å². The first kappa shape index (κ1) is 19.8. The third-order valence-electron chi connectivity index (χ3n) is 3.92. The summed E-state index contributed by atoms with van der Waals surface area (Å²) in [6.07, 6.45) is 4.12. The van der Waals surface area contributed by atoms with Crippen LogP contribution in [0.5, 0.6) is 0 Å². The summed E-state index contributed by atoms with van der Waals surface area (Å²) in [4.78, 5) is 25.4. The van der Waals surface area contributed by atoms with Crippen LogP contribution in [0.2, 0.25) is 0 Å². The standard InChI is InChI=1S/C21H23NO3S/c1-14-6-5-7-15(2)20(14)22-21(24)16(3)25-19(23)13-10-17-8-11-18(26-4)12-9-17/h5-13,16H,1-4H3,(H,22,24)/b13-10+/t16-/m0/s1. The number of benzene rings is 2. The van der Waals surface area contributed by atoms with Crippen molar-refractivity contribution in [2.45, 2.75) is 31.8 Å². The second-order valence-electron chi connectivity index (χ2n) is 5.94. The molecule has 5 heteroatoms. The maximum Gasteiger partial charge on any atom is 0.331 e. The summed E-state index contributed by atoms with van der Waals surface area (Å²) in [5.74, 6) is -0.906. The lowest BCUT2D eigenvalue weighted by molar-refractivity contribution is -0.148. The number of hydrogen-bond donors (Lipinski definition) is 1. The summed E-state index contributed by atoms with van der Waals surface area (Å²) >= 11 is 1.66. The van der Waals surface area contributed by atoms with Gasteiger partial charge >= 0.3 is 5.97 Å².